The molecule has 1 aromatic heterocycles. The zero-order valence-corrected chi connectivity index (χ0v) is 19.3. The van der Waals surface area contributed by atoms with Crippen LogP contribution in [0.4, 0.5) is 0 Å². The molecule has 0 radical (unpaired) electrons. The third kappa shape index (κ3) is 4.32. The fourth-order valence-corrected chi connectivity index (χ4v) is 4.85. The van der Waals surface area contributed by atoms with E-state index in [4.69, 9.17) is 9.47 Å². The van der Waals surface area contributed by atoms with Crippen LogP contribution in [-0.2, 0) is 9.53 Å². The lowest BCUT2D eigenvalue weighted by Crippen LogP contribution is -2.40. The number of allylic oxidation sites excluding steroid dienone is 1. The number of hydrogen-bond donors (Lipinski definition) is 0. The molecule has 2 aromatic carbocycles. The number of methoxy groups -OCH3 is 1. The molecule has 3 aromatic rings. The fraction of sp³-hybridized carbons (Fsp3) is 0.192. The maximum Gasteiger partial charge on any atom is 0.338 e. The molecule has 0 amide bonds. The van der Waals surface area contributed by atoms with E-state index in [9.17, 15) is 9.59 Å². The van der Waals surface area contributed by atoms with Gasteiger partial charge in [0.05, 0.1) is 29.0 Å². The number of carbonyl (C=O) groups excluding carboxylic acids is 1. The first-order valence-electron chi connectivity index (χ1n) is 10.6. The Bertz CT molecular complexity index is 1400. The number of fused-ring (bicyclic) bond motifs is 1. The van der Waals surface area contributed by atoms with Crippen molar-refractivity contribution in [2.24, 2.45) is 4.99 Å². The van der Waals surface area contributed by atoms with Crippen molar-refractivity contribution in [3.8, 4) is 5.75 Å². The van der Waals surface area contributed by atoms with Gasteiger partial charge in [0.25, 0.3) is 5.56 Å². The summed E-state index contributed by atoms with van der Waals surface area (Å²) in [5.74, 6) is 0.175. The number of carbonyl (C=O) groups is 1. The molecule has 4 rings (SSSR count). The lowest BCUT2D eigenvalue weighted by Gasteiger charge is -2.25. The average molecular weight is 461 g/mol. The maximum atomic E-state index is 13.6. The number of ether oxygens (including phenoxy) is 2. The van der Waals surface area contributed by atoms with Crippen LogP contribution in [0.2, 0.25) is 0 Å². The van der Waals surface area contributed by atoms with Crippen LogP contribution in [0.15, 0.2) is 88.3 Å². The highest BCUT2D eigenvalue weighted by Gasteiger charge is 2.33. The highest BCUT2D eigenvalue weighted by Crippen LogP contribution is 2.31. The minimum absolute atomic E-state index is 0.220. The van der Waals surface area contributed by atoms with Crippen molar-refractivity contribution >= 4 is 23.4 Å². The summed E-state index contributed by atoms with van der Waals surface area (Å²) in [5.41, 5.74) is 2.39. The van der Waals surface area contributed by atoms with Gasteiger partial charge >= 0.3 is 5.97 Å². The maximum absolute atomic E-state index is 13.6. The number of aromatic nitrogens is 1. The second-order valence-electron chi connectivity index (χ2n) is 7.34. The lowest BCUT2D eigenvalue weighted by atomic mass is 9.95. The molecule has 0 saturated carbocycles. The van der Waals surface area contributed by atoms with Crippen molar-refractivity contribution in [3.63, 3.8) is 0 Å². The number of hydrogen-bond acceptors (Lipinski definition) is 6. The Morgan fingerprint density at radius 3 is 2.61 bits per heavy atom. The molecule has 0 saturated heterocycles. The van der Waals surface area contributed by atoms with E-state index in [0.29, 0.717) is 39.4 Å². The second-order valence-corrected chi connectivity index (χ2v) is 8.35. The summed E-state index contributed by atoms with van der Waals surface area (Å²) in [4.78, 5) is 31.7. The number of para-hydroxylation sites is 1. The molecule has 0 bridgehead atoms. The van der Waals surface area contributed by atoms with Gasteiger partial charge in [0.2, 0.25) is 0 Å². The van der Waals surface area contributed by atoms with Gasteiger partial charge in [0.15, 0.2) is 4.80 Å². The Kier molecular flexibility index (Phi) is 6.70. The van der Waals surface area contributed by atoms with E-state index in [1.807, 2.05) is 61.5 Å². The van der Waals surface area contributed by atoms with Gasteiger partial charge < -0.3 is 9.47 Å². The molecule has 0 fully saturated rings. The number of thiazole rings is 1. The first-order chi connectivity index (χ1) is 16.1. The van der Waals surface area contributed by atoms with Gasteiger partial charge in [-0.1, -0.05) is 79.4 Å². The molecule has 1 aliphatic heterocycles. The summed E-state index contributed by atoms with van der Waals surface area (Å²) < 4.78 is 12.9. The second kappa shape index (κ2) is 9.83. The van der Waals surface area contributed by atoms with Crippen LogP contribution in [0.3, 0.4) is 0 Å². The Balaban J connectivity index is 1.96. The van der Waals surface area contributed by atoms with Gasteiger partial charge in [-0.25, -0.2) is 9.79 Å². The predicted octanol–water partition coefficient (Wildman–Crippen LogP) is 3.36. The molecule has 2 heterocycles. The van der Waals surface area contributed by atoms with Gasteiger partial charge in [-0.05, 0) is 24.1 Å². The van der Waals surface area contributed by atoms with E-state index in [-0.39, 0.29) is 5.56 Å². The molecule has 0 N–H and O–H groups in total. The molecule has 168 valence electrons. The zero-order chi connectivity index (χ0) is 23.4. The largest absolute Gasteiger partial charge is 0.489 e. The first-order valence-corrected chi connectivity index (χ1v) is 11.4. The van der Waals surface area contributed by atoms with E-state index in [0.717, 1.165) is 11.1 Å². The van der Waals surface area contributed by atoms with Gasteiger partial charge in [-0.2, -0.15) is 0 Å². The predicted molar refractivity (Wildman–Crippen MR) is 129 cm³/mol. The third-order valence-electron chi connectivity index (χ3n) is 5.33. The van der Waals surface area contributed by atoms with Crippen molar-refractivity contribution in [3.05, 3.63) is 109 Å². The summed E-state index contributed by atoms with van der Waals surface area (Å²) in [5, 5.41) is 0. The molecular formula is C26H24N2O4S. The van der Waals surface area contributed by atoms with E-state index < -0.39 is 12.0 Å². The summed E-state index contributed by atoms with van der Waals surface area (Å²) in [6.45, 7) is 5.99. The number of nitrogens with zero attached hydrogens (tertiary/aromatic N) is 2. The van der Waals surface area contributed by atoms with Crippen molar-refractivity contribution < 1.29 is 14.3 Å². The van der Waals surface area contributed by atoms with Crippen molar-refractivity contribution in [1.29, 1.82) is 0 Å². The lowest BCUT2D eigenvalue weighted by molar-refractivity contribution is -0.136. The Labute approximate surface area is 195 Å². The van der Waals surface area contributed by atoms with Crippen LogP contribution >= 0.6 is 11.3 Å². The Hall–Kier alpha value is -3.71. The SMILES string of the molecule is C=CCOc1ccccc1/C=c1\sc2n(c1=O)[C@H](c1ccccc1)C(C(=O)OC)=C(CC)N=2. The molecule has 1 atom stereocenters. The quantitative estimate of drug-likeness (QED) is 0.401. The van der Waals surface area contributed by atoms with E-state index in [1.54, 1.807) is 16.7 Å². The Morgan fingerprint density at radius 2 is 1.91 bits per heavy atom. The molecule has 33 heavy (non-hydrogen) atoms. The summed E-state index contributed by atoms with van der Waals surface area (Å²) in [7, 11) is 1.34. The molecule has 0 unspecified atom stereocenters. The molecule has 0 spiro atoms. The van der Waals surface area contributed by atoms with Gasteiger partial charge in [-0.3, -0.25) is 9.36 Å². The highest BCUT2D eigenvalue weighted by molar-refractivity contribution is 7.07. The standard InChI is InChI=1S/C26H24N2O4S/c1-4-15-32-20-14-10-9-13-18(20)16-21-24(29)28-23(17-11-7-6-8-12-17)22(25(30)31-3)19(5-2)27-26(28)33-21/h4,6-14,16,23H,1,5,15H2,2-3H3/b21-16-/t23-/m1/s1. The highest BCUT2D eigenvalue weighted by atomic mass is 32.1. The van der Waals surface area contributed by atoms with Crippen molar-refractivity contribution in [2.75, 3.05) is 13.7 Å². The summed E-state index contributed by atoms with van der Waals surface area (Å²) >= 11 is 1.29. The minimum Gasteiger partial charge on any atom is -0.489 e. The van der Waals surface area contributed by atoms with Gasteiger partial charge in [-0.15, -0.1) is 0 Å². The van der Waals surface area contributed by atoms with Crippen LogP contribution in [-0.4, -0.2) is 24.3 Å². The van der Waals surface area contributed by atoms with Crippen molar-refractivity contribution in [2.45, 2.75) is 19.4 Å². The van der Waals surface area contributed by atoms with Gasteiger partial charge in [0, 0.05) is 5.56 Å². The molecule has 0 aliphatic carbocycles. The fourth-order valence-electron chi connectivity index (χ4n) is 3.84. The van der Waals surface area contributed by atoms with Crippen LogP contribution in [0.5, 0.6) is 5.75 Å². The summed E-state index contributed by atoms with van der Waals surface area (Å²) in [6, 6.07) is 16.4. The third-order valence-corrected chi connectivity index (χ3v) is 6.31. The van der Waals surface area contributed by atoms with Crippen LogP contribution in [0, 0.1) is 0 Å². The first kappa shape index (κ1) is 22.5. The average Bonchev–Trinajstić information content (AvgIpc) is 3.16. The number of esters is 1. The zero-order valence-electron chi connectivity index (χ0n) is 18.5. The summed E-state index contributed by atoms with van der Waals surface area (Å²) in [6.07, 6.45) is 4.01. The van der Waals surface area contributed by atoms with Crippen LogP contribution < -0.4 is 19.6 Å². The topological polar surface area (TPSA) is 69.9 Å². The van der Waals surface area contributed by atoms with Crippen LogP contribution in [0.1, 0.15) is 30.5 Å². The Morgan fingerprint density at radius 1 is 1.18 bits per heavy atom. The minimum atomic E-state index is -0.612. The van der Waals surface area contributed by atoms with Gasteiger partial charge in [0.1, 0.15) is 12.4 Å². The molecule has 1 aliphatic rings. The molecule has 7 heteroatoms. The van der Waals surface area contributed by atoms with E-state index in [2.05, 4.69) is 11.6 Å². The van der Waals surface area contributed by atoms with Crippen LogP contribution in [0.25, 0.3) is 6.08 Å². The van der Waals surface area contributed by atoms with E-state index >= 15 is 0 Å². The normalized spacial score (nSPS) is 15.6. The monoisotopic (exact) mass is 460 g/mol. The van der Waals surface area contributed by atoms with E-state index in [1.165, 1.54) is 18.4 Å². The molecular weight excluding hydrogens is 436 g/mol. The smallest absolute Gasteiger partial charge is 0.338 e. The molecule has 6 nitrogen and oxygen atoms in total. The number of benzene rings is 2. The van der Waals surface area contributed by atoms with Crippen molar-refractivity contribution in [1.82, 2.24) is 4.57 Å². The number of rotatable bonds is 7.